The number of carbonyl (C=O) groups is 3. The lowest BCUT2D eigenvalue weighted by atomic mass is 10.1. The van der Waals surface area contributed by atoms with Crippen LogP contribution in [0.5, 0.6) is 5.75 Å². The highest BCUT2D eigenvalue weighted by Crippen LogP contribution is 2.13. The minimum absolute atomic E-state index is 0.181. The van der Waals surface area contributed by atoms with Crippen LogP contribution in [-0.4, -0.2) is 29.0 Å². The average Bonchev–Trinajstić information content (AvgIpc) is 2.46. The summed E-state index contributed by atoms with van der Waals surface area (Å²) in [5.41, 5.74) is 0.252. The first-order valence-electron chi connectivity index (χ1n) is 6.63. The van der Waals surface area contributed by atoms with Crippen LogP contribution in [0.2, 0.25) is 0 Å². The molecule has 1 aromatic rings. The van der Waals surface area contributed by atoms with Gasteiger partial charge in [0.1, 0.15) is 11.8 Å². The van der Waals surface area contributed by atoms with Gasteiger partial charge in [0.05, 0.1) is 6.07 Å². The Hall–Kier alpha value is -2.88. The Morgan fingerprint density at radius 1 is 1.32 bits per heavy atom. The van der Waals surface area contributed by atoms with Crippen molar-refractivity contribution >= 4 is 17.8 Å². The zero-order chi connectivity index (χ0) is 16.5. The number of carboxylic acid groups (broad SMARTS) is 1. The van der Waals surface area contributed by atoms with Gasteiger partial charge in [-0.05, 0) is 37.1 Å². The first-order valence-corrected chi connectivity index (χ1v) is 6.63. The molecule has 116 valence electrons. The number of hydrogen-bond acceptors (Lipinski definition) is 5. The quantitative estimate of drug-likeness (QED) is 0.448. The van der Waals surface area contributed by atoms with Crippen LogP contribution in [-0.2, 0) is 9.59 Å². The molecule has 0 unspecified atom stereocenters. The highest BCUT2D eigenvalue weighted by Gasteiger charge is 2.20. The standard InChI is InChI=1S/C15H16N2O5/c1-10(18)22-12-7-5-11(6-8-12)14(19)17-13(15(20)21)4-2-3-9-16/h5-8,13H,2-4H2,1H3,(H,17,19)(H,20,21)/t13-/m1/s1. The molecule has 1 aromatic carbocycles. The Bertz CT molecular complexity index is 589. The van der Waals surface area contributed by atoms with Gasteiger partial charge >= 0.3 is 11.9 Å². The Balaban J connectivity index is 2.67. The number of nitrogens with zero attached hydrogens (tertiary/aromatic N) is 1. The lowest BCUT2D eigenvalue weighted by Crippen LogP contribution is -2.40. The summed E-state index contributed by atoms with van der Waals surface area (Å²) in [6, 6.07) is 6.63. The van der Waals surface area contributed by atoms with E-state index >= 15 is 0 Å². The zero-order valence-electron chi connectivity index (χ0n) is 12.0. The monoisotopic (exact) mass is 304 g/mol. The predicted octanol–water partition coefficient (Wildman–Crippen LogP) is 1.49. The molecule has 1 atom stereocenters. The summed E-state index contributed by atoms with van der Waals surface area (Å²) >= 11 is 0. The van der Waals surface area contributed by atoms with Crippen LogP contribution in [0.4, 0.5) is 0 Å². The second-order valence-electron chi connectivity index (χ2n) is 4.53. The maximum absolute atomic E-state index is 12.0. The van der Waals surface area contributed by atoms with E-state index in [0.717, 1.165) is 0 Å². The van der Waals surface area contributed by atoms with E-state index in [-0.39, 0.29) is 18.4 Å². The van der Waals surface area contributed by atoms with Crippen molar-refractivity contribution in [2.24, 2.45) is 0 Å². The number of benzene rings is 1. The molecule has 0 saturated carbocycles. The van der Waals surface area contributed by atoms with Crippen LogP contribution >= 0.6 is 0 Å². The largest absolute Gasteiger partial charge is 0.480 e. The first kappa shape index (κ1) is 17.2. The van der Waals surface area contributed by atoms with E-state index < -0.39 is 23.9 Å². The third kappa shape index (κ3) is 5.63. The molecule has 0 heterocycles. The molecular formula is C15H16N2O5. The molecule has 0 aliphatic heterocycles. The molecule has 0 aliphatic carbocycles. The summed E-state index contributed by atoms with van der Waals surface area (Å²) in [6.45, 7) is 1.26. The van der Waals surface area contributed by atoms with Crippen LogP contribution < -0.4 is 10.1 Å². The van der Waals surface area contributed by atoms with Crippen molar-refractivity contribution in [1.29, 1.82) is 5.26 Å². The molecule has 22 heavy (non-hydrogen) atoms. The van der Waals surface area contributed by atoms with Gasteiger partial charge in [0.2, 0.25) is 0 Å². The van der Waals surface area contributed by atoms with Gasteiger partial charge in [0.25, 0.3) is 5.91 Å². The lowest BCUT2D eigenvalue weighted by molar-refractivity contribution is -0.139. The predicted molar refractivity (Wildman–Crippen MR) is 76.1 cm³/mol. The minimum Gasteiger partial charge on any atom is -0.480 e. The number of unbranched alkanes of at least 4 members (excludes halogenated alkanes) is 1. The maximum Gasteiger partial charge on any atom is 0.326 e. The Labute approximate surface area is 127 Å². The van der Waals surface area contributed by atoms with E-state index in [0.29, 0.717) is 12.2 Å². The molecule has 0 aliphatic rings. The van der Waals surface area contributed by atoms with Crippen molar-refractivity contribution < 1.29 is 24.2 Å². The SMILES string of the molecule is CC(=O)Oc1ccc(C(=O)N[C@H](CCCC#N)C(=O)O)cc1. The molecule has 0 bridgehead atoms. The number of carbonyl (C=O) groups excluding carboxylic acids is 2. The molecule has 0 aromatic heterocycles. The number of nitriles is 1. The summed E-state index contributed by atoms with van der Waals surface area (Å²) in [7, 11) is 0. The van der Waals surface area contributed by atoms with Crippen molar-refractivity contribution in [2.45, 2.75) is 32.2 Å². The first-order chi connectivity index (χ1) is 10.4. The third-order valence-electron chi connectivity index (χ3n) is 2.76. The smallest absolute Gasteiger partial charge is 0.326 e. The molecule has 0 saturated heterocycles. The fraction of sp³-hybridized carbons (Fsp3) is 0.333. The van der Waals surface area contributed by atoms with E-state index in [1.165, 1.54) is 31.2 Å². The average molecular weight is 304 g/mol. The van der Waals surface area contributed by atoms with Crippen LogP contribution in [0.25, 0.3) is 0 Å². The van der Waals surface area contributed by atoms with Gasteiger partial charge < -0.3 is 15.2 Å². The lowest BCUT2D eigenvalue weighted by Gasteiger charge is -2.14. The summed E-state index contributed by atoms with van der Waals surface area (Å²) in [5, 5.41) is 19.9. The maximum atomic E-state index is 12.0. The number of hydrogen-bond donors (Lipinski definition) is 2. The second-order valence-corrected chi connectivity index (χ2v) is 4.53. The van der Waals surface area contributed by atoms with Crippen molar-refractivity contribution in [3.8, 4) is 11.8 Å². The van der Waals surface area contributed by atoms with Gasteiger partial charge in [-0.25, -0.2) is 4.79 Å². The van der Waals surface area contributed by atoms with Gasteiger partial charge in [-0.1, -0.05) is 0 Å². The molecule has 1 amide bonds. The number of amides is 1. The zero-order valence-corrected chi connectivity index (χ0v) is 12.0. The molecule has 7 heteroatoms. The van der Waals surface area contributed by atoms with Gasteiger partial charge in [-0.15, -0.1) is 0 Å². The number of nitrogens with one attached hydrogen (secondary N) is 1. The van der Waals surface area contributed by atoms with E-state index in [9.17, 15) is 14.4 Å². The van der Waals surface area contributed by atoms with Gasteiger partial charge in [0.15, 0.2) is 0 Å². The van der Waals surface area contributed by atoms with Gasteiger partial charge in [-0.3, -0.25) is 9.59 Å². The normalized spacial score (nSPS) is 11.1. The minimum atomic E-state index is -1.15. The molecular weight excluding hydrogens is 288 g/mol. The summed E-state index contributed by atoms with van der Waals surface area (Å²) in [5.74, 6) is -1.87. The van der Waals surface area contributed by atoms with Crippen LogP contribution in [0.3, 0.4) is 0 Å². The van der Waals surface area contributed by atoms with Gasteiger partial charge in [0, 0.05) is 18.9 Å². The van der Waals surface area contributed by atoms with Crippen LogP contribution in [0.1, 0.15) is 36.5 Å². The van der Waals surface area contributed by atoms with Crippen LogP contribution in [0, 0.1) is 11.3 Å². The molecule has 0 radical (unpaired) electrons. The number of aliphatic carboxylic acids is 1. The highest BCUT2D eigenvalue weighted by molar-refractivity contribution is 5.96. The fourth-order valence-corrected chi connectivity index (χ4v) is 1.72. The van der Waals surface area contributed by atoms with Gasteiger partial charge in [-0.2, -0.15) is 5.26 Å². The van der Waals surface area contributed by atoms with Crippen molar-refractivity contribution in [2.75, 3.05) is 0 Å². The van der Waals surface area contributed by atoms with Crippen LogP contribution in [0.15, 0.2) is 24.3 Å². The highest BCUT2D eigenvalue weighted by atomic mass is 16.5. The topological polar surface area (TPSA) is 116 Å². The summed E-state index contributed by atoms with van der Waals surface area (Å²) in [4.78, 5) is 33.8. The molecule has 0 spiro atoms. The Morgan fingerprint density at radius 2 is 1.95 bits per heavy atom. The summed E-state index contributed by atoms with van der Waals surface area (Å²) < 4.78 is 4.84. The number of carboxylic acids is 1. The fourth-order valence-electron chi connectivity index (χ4n) is 1.72. The number of rotatable bonds is 7. The third-order valence-corrected chi connectivity index (χ3v) is 2.76. The van der Waals surface area contributed by atoms with E-state index in [2.05, 4.69) is 5.32 Å². The van der Waals surface area contributed by atoms with E-state index in [4.69, 9.17) is 15.1 Å². The molecule has 2 N–H and O–H groups in total. The van der Waals surface area contributed by atoms with Crippen molar-refractivity contribution in [3.05, 3.63) is 29.8 Å². The van der Waals surface area contributed by atoms with E-state index in [1.807, 2.05) is 6.07 Å². The second kappa shape index (κ2) is 8.42. The van der Waals surface area contributed by atoms with Crippen molar-refractivity contribution in [3.63, 3.8) is 0 Å². The van der Waals surface area contributed by atoms with Crippen molar-refractivity contribution in [1.82, 2.24) is 5.32 Å². The summed E-state index contributed by atoms with van der Waals surface area (Å²) in [6.07, 6.45) is 0.802. The Morgan fingerprint density at radius 3 is 2.45 bits per heavy atom. The Kier molecular flexibility index (Phi) is 6.57. The number of ether oxygens (including phenoxy) is 1. The molecule has 1 rings (SSSR count). The molecule has 7 nitrogen and oxygen atoms in total. The van der Waals surface area contributed by atoms with E-state index in [1.54, 1.807) is 0 Å². The number of esters is 1. The molecule has 0 fully saturated rings.